The summed E-state index contributed by atoms with van der Waals surface area (Å²) in [6.07, 6.45) is 6.76. The minimum Gasteiger partial charge on any atom is -0.310 e. The van der Waals surface area contributed by atoms with Crippen molar-refractivity contribution >= 4 is 77.0 Å². The van der Waals surface area contributed by atoms with Crippen molar-refractivity contribution in [3.63, 3.8) is 0 Å². The van der Waals surface area contributed by atoms with Gasteiger partial charge in [0, 0.05) is 16.9 Å². The summed E-state index contributed by atoms with van der Waals surface area (Å²) in [5, 5.41) is 12.7. The fourth-order valence-corrected chi connectivity index (χ4v) is 11.2. The van der Waals surface area contributed by atoms with E-state index < -0.39 is 0 Å². The van der Waals surface area contributed by atoms with Crippen LogP contribution in [0.5, 0.6) is 0 Å². The minimum absolute atomic E-state index is 1.02. The lowest BCUT2D eigenvalue weighted by atomic mass is 9.86. The molecule has 0 spiro atoms. The van der Waals surface area contributed by atoms with Gasteiger partial charge >= 0.3 is 0 Å². The van der Waals surface area contributed by atoms with Gasteiger partial charge in [-0.3, -0.25) is 0 Å². The van der Waals surface area contributed by atoms with Crippen molar-refractivity contribution in [2.75, 3.05) is 4.90 Å². The van der Waals surface area contributed by atoms with Crippen LogP contribution in [0.2, 0.25) is 0 Å². The first-order chi connectivity index (χ1) is 33.3. The lowest BCUT2D eigenvalue weighted by Gasteiger charge is -2.30. The van der Waals surface area contributed by atoms with Crippen molar-refractivity contribution in [2.24, 2.45) is 0 Å². The molecule has 0 N–H and O–H groups in total. The van der Waals surface area contributed by atoms with Crippen LogP contribution in [0.1, 0.15) is 17.5 Å². The standard InChI is InChI=1S/C66H45N/c1-3-19-44(20-4-1)63-54-27-11-15-31-58(54)65(59-32-16-12-28-55(59)63)46-35-39-49(40-36-46)67(62-43-48-23-7-8-24-51(48)52-25-9-10-26-53(52)62)50-41-37-47(38-42-50)66-60-33-17-13-29-56(60)64(45-21-5-2-6-22-45)57-30-14-18-34-61(57)66/h1-8,10-24,26-43H,9,25H2. The van der Waals surface area contributed by atoms with Gasteiger partial charge in [-0.15, -0.1) is 0 Å². The Balaban J connectivity index is 0.997. The van der Waals surface area contributed by atoms with Crippen LogP contribution >= 0.6 is 0 Å². The first kappa shape index (κ1) is 38.9. The summed E-state index contributed by atoms with van der Waals surface area (Å²) < 4.78 is 0. The van der Waals surface area contributed by atoms with Crippen LogP contribution in [0.25, 0.3) is 104 Å². The highest BCUT2D eigenvalue weighted by Gasteiger charge is 2.23. The molecule has 0 amide bonds. The summed E-state index contributed by atoms with van der Waals surface area (Å²) in [5.41, 5.74) is 16.1. The first-order valence-electron chi connectivity index (χ1n) is 23.5. The first-order valence-corrected chi connectivity index (χ1v) is 23.5. The summed E-state index contributed by atoms with van der Waals surface area (Å²) in [4.78, 5) is 2.48. The minimum atomic E-state index is 1.02. The molecule has 0 aliphatic heterocycles. The molecule has 0 saturated carbocycles. The molecule has 314 valence electrons. The third-order valence-corrected chi connectivity index (χ3v) is 14.1. The van der Waals surface area contributed by atoms with E-state index in [4.69, 9.17) is 0 Å². The summed E-state index contributed by atoms with van der Waals surface area (Å²) in [5.74, 6) is 0. The summed E-state index contributed by atoms with van der Waals surface area (Å²) in [6.45, 7) is 0. The molecular weight excluding hydrogens is 807 g/mol. The van der Waals surface area contributed by atoms with Crippen LogP contribution in [0.4, 0.5) is 17.1 Å². The molecule has 0 radical (unpaired) electrons. The Morgan fingerprint density at radius 3 is 1.01 bits per heavy atom. The maximum Gasteiger partial charge on any atom is 0.0543 e. The van der Waals surface area contributed by atoms with Crippen molar-refractivity contribution in [3.05, 3.63) is 254 Å². The summed E-state index contributed by atoms with van der Waals surface area (Å²) in [7, 11) is 0. The Hall–Kier alpha value is -8.52. The van der Waals surface area contributed by atoms with E-state index >= 15 is 0 Å². The van der Waals surface area contributed by atoms with E-state index in [0.29, 0.717) is 0 Å². The van der Waals surface area contributed by atoms with Crippen LogP contribution < -0.4 is 4.90 Å². The molecule has 67 heavy (non-hydrogen) atoms. The Morgan fingerprint density at radius 1 is 0.299 bits per heavy atom. The van der Waals surface area contributed by atoms with Crippen molar-refractivity contribution in [3.8, 4) is 44.5 Å². The number of rotatable bonds is 7. The van der Waals surface area contributed by atoms with Crippen LogP contribution in [-0.2, 0) is 6.42 Å². The molecule has 12 aromatic rings. The molecule has 0 fully saturated rings. The number of allylic oxidation sites excluding steroid dienone is 1. The zero-order chi connectivity index (χ0) is 44.3. The van der Waals surface area contributed by atoms with Crippen molar-refractivity contribution in [1.29, 1.82) is 0 Å². The van der Waals surface area contributed by atoms with Crippen LogP contribution in [-0.4, -0.2) is 0 Å². The molecular formula is C66H45N. The quantitative estimate of drug-likeness (QED) is 0.144. The van der Waals surface area contributed by atoms with Gasteiger partial charge < -0.3 is 4.90 Å². The molecule has 12 aromatic carbocycles. The van der Waals surface area contributed by atoms with E-state index in [1.807, 2.05) is 0 Å². The number of aryl methyl sites for hydroxylation is 1. The number of hydrogen-bond acceptors (Lipinski definition) is 1. The Bertz CT molecular complexity index is 3560. The number of fused-ring (bicyclic) bond motifs is 7. The van der Waals surface area contributed by atoms with Gasteiger partial charge in [0.15, 0.2) is 0 Å². The number of nitrogens with zero attached hydrogens (tertiary/aromatic N) is 1. The van der Waals surface area contributed by atoms with Gasteiger partial charge in [-0.05, 0) is 147 Å². The van der Waals surface area contributed by atoms with Gasteiger partial charge in [-0.2, -0.15) is 0 Å². The molecule has 1 aliphatic rings. The van der Waals surface area contributed by atoms with E-state index in [1.165, 1.54) is 115 Å². The van der Waals surface area contributed by atoms with Crippen molar-refractivity contribution in [1.82, 2.24) is 0 Å². The Labute approximate surface area is 391 Å². The van der Waals surface area contributed by atoms with Crippen molar-refractivity contribution in [2.45, 2.75) is 12.8 Å². The van der Waals surface area contributed by atoms with Gasteiger partial charge in [0.25, 0.3) is 0 Å². The second-order valence-electron chi connectivity index (χ2n) is 17.8. The van der Waals surface area contributed by atoms with Crippen molar-refractivity contribution < 1.29 is 0 Å². The fraction of sp³-hybridized carbons (Fsp3) is 0.0303. The molecule has 1 heteroatoms. The number of anilines is 3. The molecule has 1 aliphatic carbocycles. The topological polar surface area (TPSA) is 3.24 Å². The SMILES string of the molecule is C1=Cc2c(N(c3ccc(-c4c5ccccc5c(-c5ccccc5)c5ccccc45)cc3)c3ccc(-c4c5ccccc5c(-c5ccccc5)c5ccccc45)cc3)cc3ccccc3c2CC1. The molecule has 0 heterocycles. The van der Waals surface area contributed by atoms with E-state index in [2.05, 4.69) is 254 Å². The summed E-state index contributed by atoms with van der Waals surface area (Å²) >= 11 is 0. The Morgan fingerprint density at radius 2 is 0.627 bits per heavy atom. The van der Waals surface area contributed by atoms with Gasteiger partial charge in [0.1, 0.15) is 0 Å². The maximum absolute atomic E-state index is 2.48. The third-order valence-electron chi connectivity index (χ3n) is 14.1. The van der Waals surface area contributed by atoms with Gasteiger partial charge in [-0.25, -0.2) is 0 Å². The molecule has 0 unspecified atom stereocenters. The average Bonchev–Trinajstić information content (AvgIpc) is 3.40. The molecule has 0 aromatic heterocycles. The molecule has 0 saturated heterocycles. The normalized spacial score (nSPS) is 12.3. The average molecular weight is 852 g/mol. The van der Waals surface area contributed by atoms with Crippen LogP contribution in [0.3, 0.4) is 0 Å². The van der Waals surface area contributed by atoms with E-state index in [9.17, 15) is 0 Å². The number of benzene rings is 12. The monoisotopic (exact) mass is 851 g/mol. The highest BCUT2D eigenvalue weighted by Crippen LogP contribution is 2.48. The van der Waals surface area contributed by atoms with E-state index in [-0.39, 0.29) is 0 Å². The molecule has 13 rings (SSSR count). The van der Waals surface area contributed by atoms with Gasteiger partial charge in [0.05, 0.1) is 5.69 Å². The van der Waals surface area contributed by atoms with E-state index in [1.54, 1.807) is 0 Å². The molecule has 1 nitrogen and oxygen atoms in total. The van der Waals surface area contributed by atoms with Gasteiger partial charge in [0.2, 0.25) is 0 Å². The molecule has 0 atom stereocenters. The second kappa shape index (κ2) is 16.2. The summed E-state index contributed by atoms with van der Waals surface area (Å²) in [6, 6.07) is 87.3. The largest absolute Gasteiger partial charge is 0.310 e. The van der Waals surface area contributed by atoms with Crippen LogP contribution in [0, 0.1) is 0 Å². The molecule has 0 bridgehead atoms. The zero-order valence-corrected chi connectivity index (χ0v) is 37.0. The lowest BCUT2D eigenvalue weighted by molar-refractivity contribution is 0.995. The Kier molecular flexibility index (Phi) is 9.39. The lowest BCUT2D eigenvalue weighted by Crippen LogP contribution is -2.13. The van der Waals surface area contributed by atoms with Crippen LogP contribution in [0.15, 0.2) is 243 Å². The second-order valence-corrected chi connectivity index (χ2v) is 17.8. The van der Waals surface area contributed by atoms with Gasteiger partial charge in [-0.1, -0.05) is 218 Å². The number of hydrogen-bond donors (Lipinski definition) is 0. The predicted octanol–water partition coefficient (Wildman–Crippen LogP) is 18.5. The highest BCUT2D eigenvalue weighted by atomic mass is 15.1. The third kappa shape index (κ3) is 6.46. The zero-order valence-electron chi connectivity index (χ0n) is 37.0. The predicted molar refractivity (Wildman–Crippen MR) is 288 cm³/mol. The van der Waals surface area contributed by atoms with E-state index in [0.717, 1.165) is 24.2 Å². The maximum atomic E-state index is 2.48. The highest BCUT2D eigenvalue weighted by molar-refractivity contribution is 6.23. The fourth-order valence-electron chi connectivity index (χ4n) is 11.2. The smallest absolute Gasteiger partial charge is 0.0543 e.